The zero-order chi connectivity index (χ0) is 12.2. The molecule has 6 heteroatoms. The first-order valence-corrected chi connectivity index (χ1v) is 7.64. The summed E-state index contributed by atoms with van der Waals surface area (Å²) >= 11 is 0. The van der Waals surface area contributed by atoms with Gasteiger partial charge in [0.05, 0.1) is 11.7 Å². The highest BCUT2D eigenvalue weighted by Crippen LogP contribution is 2.12. The molecule has 1 rings (SSSR count). The highest BCUT2D eigenvalue weighted by Gasteiger charge is 2.22. The van der Waals surface area contributed by atoms with Gasteiger partial charge in [-0.05, 0) is 38.9 Å². The molecule has 94 valence electrons. The average Bonchev–Trinajstić information content (AvgIpc) is 2.62. The Morgan fingerprint density at radius 1 is 1.38 bits per heavy atom. The highest BCUT2D eigenvalue weighted by atomic mass is 32.2. The van der Waals surface area contributed by atoms with Gasteiger partial charge in [-0.3, -0.25) is 4.79 Å². The molecular weight excluding hydrogens is 228 g/mol. The molecule has 0 radical (unpaired) electrons. The highest BCUT2D eigenvalue weighted by molar-refractivity contribution is 7.90. The Kier molecular flexibility index (Phi) is 4.73. The number of carbonyl (C=O) groups excluding carboxylic acids is 1. The summed E-state index contributed by atoms with van der Waals surface area (Å²) in [6.07, 6.45) is 4.06. The van der Waals surface area contributed by atoms with E-state index in [0.29, 0.717) is 6.42 Å². The van der Waals surface area contributed by atoms with Gasteiger partial charge in [0, 0.05) is 6.26 Å². The van der Waals surface area contributed by atoms with Gasteiger partial charge in [-0.15, -0.1) is 0 Å². The fourth-order valence-electron chi connectivity index (χ4n) is 2.02. The fraction of sp³-hybridized carbons (Fsp3) is 0.900. The van der Waals surface area contributed by atoms with Crippen molar-refractivity contribution in [3.8, 4) is 0 Å². The molecule has 2 N–H and O–H groups in total. The van der Waals surface area contributed by atoms with Gasteiger partial charge in [-0.25, -0.2) is 8.42 Å². The molecule has 0 spiro atoms. The maximum atomic E-state index is 11.1. The molecule has 0 bridgehead atoms. The zero-order valence-electron chi connectivity index (χ0n) is 9.68. The lowest BCUT2D eigenvalue weighted by molar-refractivity contribution is -0.121. The van der Waals surface area contributed by atoms with Crippen LogP contribution in [0.2, 0.25) is 0 Å². The van der Waals surface area contributed by atoms with Crippen LogP contribution in [0.5, 0.6) is 0 Å². The van der Waals surface area contributed by atoms with Crippen LogP contribution in [0.3, 0.4) is 0 Å². The molecule has 1 fully saturated rings. The molecule has 1 saturated heterocycles. The summed E-state index contributed by atoms with van der Waals surface area (Å²) in [4.78, 5) is 13.4. The largest absolute Gasteiger partial charge is 0.369 e. The summed E-state index contributed by atoms with van der Waals surface area (Å²) in [6, 6.07) is 0. The van der Waals surface area contributed by atoms with Crippen LogP contribution in [0.1, 0.15) is 19.3 Å². The number of carbonyl (C=O) groups is 1. The molecule has 0 aromatic rings. The molecule has 1 atom stereocenters. The SMILES string of the molecule is CS(=O)(=O)CC(CCN1CCCC1)C(N)=O. The molecule has 0 aromatic carbocycles. The summed E-state index contributed by atoms with van der Waals surface area (Å²) < 4.78 is 22.2. The van der Waals surface area contributed by atoms with Crippen molar-refractivity contribution in [3.05, 3.63) is 0 Å². The molecule has 1 aliphatic rings. The minimum absolute atomic E-state index is 0.129. The van der Waals surface area contributed by atoms with Gasteiger partial charge in [0.1, 0.15) is 9.84 Å². The summed E-state index contributed by atoms with van der Waals surface area (Å²) in [6.45, 7) is 2.86. The monoisotopic (exact) mass is 248 g/mol. The van der Waals surface area contributed by atoms with Crippen molar-refractivity contribution in [1.82, 2.24) is 4.90 Å². The second kappa shape index (κ2) is 5.63. The second-order valence-electron chi connectivity index (χ2n) is 4.53. The molecule has 0 saturated carbocycles. The summed E-state index contributed by atoms with van der Waals surface area (Å²) in [5.74, 6) is -1.18. The minimum atomic E-state index is -3.13. The zero-order valence-corrected chi connectivity index (χ0v) is 10.5. The van der Waals surface area contributed by atoms with E-state index in [1.807, 2.05) is 0 Å². The van der Waals surface area contributed by atoms with Gasteiger partial charge in [0.15, 0.2) is 0 Å². The van der Waals surface area contributed by atoms with E-state index in [1.54, 1.807) is 0 Å². The van der Waals surface area contributed by atoms with E-state index in [-0.39, 0.29) is 5.75 Å². The van der Waals surface area contributed by atoms with Crippen LogP contribution >= 0.6 is 0 Å². The van der Waals surface area contributed by atoms with Crippen molar-refractivity contribution in [2.75, 3.05) is 31.6 Å². The van der Waals surface area contributed by atoms with Gasteiger partial charge in [-0.2, -0.15) is 0 Å². The molecular formula is C10H20N2O3S. The smallest absolute Gasteiger partial charge is 0.221 e. The number of primary amides is 1. The Balaban J connectivity index is 2.41. The predicted molar refractivity (Wildman–Crippen MR) is 62.7 cm³/mol. The first-order valence-electron chi connectivity index (χ1n) is 5.58. The molecule has 0 aliphatic carbocycles. The third-order valence-corrected chi connectivity index (χ3v) is 3.91. The van der Waals surface area contributed by atoms with E-state index in [1.165, 1.54) is 12.8 Å². The van der Waals surface area contributed by atoms with Crippen LogP contribution < -0.4 is 5.73 Å². The lowest BCUT2D eigenvalue weighted by Gasteiger charge is -2.18. The number of rotatable bonds is 6. The summed E-state index contributed by atoms with van der Waals surface area (Å²) in [5.41, 5.74) is 5.21. The van der Waals surface area contributed by atoms with E-state index in [4.69, 9.17) is 5.73 Å². The van der Waals surface area contributed by atoms with Gasteiger partial charge in [-0.1, -0.05) is 0 Å². The Hall–Kier alpha value is -0.620. The number of likely N-dealkylation sites (tertiary alicyclic amines) is 1. The van der Waals surface area contributed by atoms with Crippen LogP contribution in [0.15, 0.2) is 0 Å². The normalized spacial score (nSPS) is 19.8. The van der Waals surface area contributed by atoms with Crippen LogP contribution in [0.4, 0.5) is 0 Å². The number of hydrogen-bond donors (Lipinski definition) is 1. The Morgan fingerprint density at radius 2 is 1.94 bits per heavy atom. The van der Waals surface area contributed by atoms with Crippen molar-refractivity contribution in [3.63, 3.8) is 0 Å². The van der Waals surface area contributed by atoms with Gasteiger partial charge in [0.25, 0.3) is 0 Å². The first-order chi connectivity index (χ1) is 7.38. The summed E-state index contributed by atoms with van der Waals surface area (Å²) in [5, 5.41) is 0. The van der Waals surface area contributed by atoms with E-state index in [2.05, 4.69) is 4.90 Å². The standard InChI is InChI=1S/C10H20N2O3S/c1-16(14,15)8-9(10(11)13)4-7-12-5-2-3-6-12/h9H,2-8H2,1H3,(H2,11,13). The molecule has 1 amide bonds. The number of nitrogens with zero attached hydrogens (tertiary/aromatic N) is 1. The third kappa shape index (κ3) is 4.94. The molecule has 5 nitrogen and oxygen atoms in total. The van der Waals surface area contributed by atoms with Crippen molar-refractivity contribution in [1.29, 1.82) is 0 Å². The van der Waals surface area contributed by atoms with Crippen molar-refractivity contribution in [2.24, 2.45) is 11.7 Å². The van der Waals surface area contributed by atoms with Crippen LogP contribution in [-0.4, -0.2) is 50.9 Å². The molecule has 1 unspecified atom stereocenters. The van der Waals surface area contributed by atoms with Crippen molar-refractivity contribution >= 4 is 15.7 Å². The van der Waals surface area contributed by atoms with E-state index < -0.39 is 21.7 Å². The number of amides is 1. The number of hydrogen-bond acceptors (Lipinski definition) is 4. The fourth-order valence-corrected chi connectivity index (χ4v) is 3.08. The first kappa shape index (κ1) is 13.4. The van der Waals surface area contributed by atoms with Crippen LogP contribution in [0, 0.1) is 5.92 Å². The minimum Gasteiger partial charge on any atom is -0.369 e. The number of nitrogens with two attached hydrogens (primary N) is 1. The predicted octanol–water partition coefficient (Wildman–Crippen LogP) is -0.382. The van der Waals surface area contributed by atoms with Gasteiger partial charge in [0.2, 0.25) is 5.91 Å². The Morgan fingerprint density at radius 3 is 2.38 bits per heavy atom. The van der Waals surface area contributed by atoms with E-state index >= 15 is 0 Å². The lowest BCUT2D eigenvalue weighted by Crippen LogP contribution is -2.33. The molecule has 1 heterocycles. The number of sulfone groups is 1. The second-order valence-corrected chi connectivity index (χ2v) is 6.71. The quantitative estimate of drug-likeness (QED) is 0.694. The van der Waals surface area contributed by atoms with Crippen LogP contribution in [-0.2, 0) is 14.6 Å². The Bertz CT molecular complexity index is 334. The van der Waals surface area contributed by atoms with Gasteiger partial charge >= 0.3 is 0 Å². The van der Waals surface area contributed by atoms with E-state index in [0.717, 1.165) is 25.9 Å². The van der Waals surface area contributed by atoms with Crippen molar-refractivity contribution in [2.45, 2.75) is 19.3 Å². The Labute approximate surface area is 96.9 Å². The maximum Gasteiger partial charge on any atom is 0.221 e. The van der Waals surface area contributed by atoms with Crippen molar-refractivity contribution < 1.29 is 13.2 Å². The molecule has 0 aromatic heterocycles. The lowest BCUT2D eigenvalue weighted by atomic mass is 10.1. The maximum absolute atomic E-state index is 11.1. The van der Waals surface area contributed by atoms with Crippen LogP contribution in [0.25, 0.3) is 0 Å². The topological polar surface area (TPSA) is 80.5 Å². The summed E-state index contributed by atoms with van der Waals surface area (Å²) in [7, 11) is -3.13. The van der Waals surface area contributed by atoms with Gasteiger partial charge < -0.3 is 10.6 Å². The molecule has 16 heavy (non-hydrogen) atoms. The van der Waals surface area contributed by atoms with E-state index in [9.17, 15) is 13.2 Å². The average molecular weight is 248 g/mol. The molecule has 1 aliphatic heterocycles. The third-order valence-electron chi connectivity index (χ3n) is 2.90.